The predicted octanol–water partition coefficient (Wildman–Crippen LogP) is 3.01. The first-order valence-electron chi connectivity index (χ1n) is 7.38. The standard InChI is InChI=1S/C12H10OS.C6H16N2/c13-14(11-7-3-1-4-8-11)12-9-5-2-6-10-12;1-6(7-2)5-8(3)4/h1-10H;6-7H,5H2,1-4H3. The molecule has 120 valence electrons. The fraction of sp³-hybridized carbons (Fsp3) is 0.333. The van der Waals surface area contributed by atoms with Gasteiger partial charge in [0.2, 0.25) is 0 Å². The summed E-state index contributed by atoms with van der Waals surface area (Å²) < 4.78 is 12.0. The number of rotatable bonds is 5. The Kier molecular flexibility index (Phi) is 8.67. The van der Waals surface area contributed by atoms with Gasteiger partial charge in [-0.15, -0.1) is 0 Å². The molecule has 0 aliphatic heterocycles. The van der Waals surface area contributed by atoms with Crippen LogP contribution in [0.25, 0.3) is 0 Å². The molecule has 1 N–H and O–H groups in total. The number of hydrogen-bond acceptors (Lipinski definition) is 3. The molecule has 0 radical (unpaired) electrons. The maximum Gasteiger partial charge on any atom is 0.0849 e. The van der Waals surface area contributed by atoms with E-state index in [1.165, 1.54) is 0 Å². The number of hydrogen-bond donors (Lipinski definition) is 1. The van der Waals surface area contributed by atoms with E-state index in [4.69, 9.17) is 0 Å². The molecule has 2 aromatic carbocycles. The Labute approximate surface area is 136 Å². The van der Waals surface area contributed by atoms with E-state index in [2.05, 4.69) is 31.2 Å². The largest absolute Gasteiger partial charge is 0.316 e. The lowest BCUT2D eigenvalue weighted by Crippen LogP contribution is -2.33. The Hall–Kier alpha value is -1.49. The average Bonchev–Trinajstić information content (AvgIpc) is 2.55. The van der Waals surface area contributed by atoms with E-state index in [1.807, 2.05) is 67.7 Å². The van der Waals surface area contributed by atoms with Gasteiger partial charge in [0.05, 0.1) is 10.8 Å². The van der Waals surface area contributed by atoms with Crippen molar-refractivity contribution in [3.63, 3.8) is 0 Å². The molecule has 0 spiro atoms. The molecule has 1 atom stereocenters. The minimum Gasteiger partial charge on any atom is -0.316 e. The smallest absolute Gasteiger partial charge is 0.0849 e. The van der Waals surface area contributed by atoms with Crippen LogP contribution in [0.4, 0.5) is 0 Å². The monoisotopic (exact) mass is 318 g/mol. The van der Waals surface area contributed by atoms with E-state index in [9.17, 15) is 4.21 Å². The van der Waals surface area contributed by atoms with E-state index in [0.29, 0.717) is 6.04 Å². The molecular weight excluding hydrogens is 292 g/mol. The second kappa shape index (κ2) is 10.3. The van der Waals surface area contributed by atoms with Crippen molar-refractivity contribution in [1.29, 1.82) is 0 Å². The maximum absolute atomic E-state index is 12.0. The average molecular weight is 318 g/mol. The summed E-state index contributed by atoms with van der Waals surface area (Å²) in [7, 11) is 5.09. The highest BCUT2D eigenvalue weighted by Gasteiger charge is 2.04. The van der Waals surface area contributed by atoms with Crippen LogP contribution >= 0.6 is 0 Å². The Morgan fingerprint density at radius 2 is 1.36 bits per heavy atom. The lowest BCUT2D eigenvalue weighted by molar-refractivity contribution is 0.360. The van der Waals surface area contributed by atoms with Crippen molar-refractivity contribution >= 4 is 10.8 Å². The van der Waals surface area contributed by atoms with E-state index in [-0.39, 0.29) is 0 Å². The Balaban J connectivity index is 0.000000261. The summed E-state index contributed by atoms with van der Waals surface area (Å²) in [6, 6.07) is 19.6. The van der Waals surface area contributed by atoms with Gasteiger partial charge in [-0.1, -0.05) is 36.4 Å². The number of nitrogens with one attached hydrogen (secondary N) is 1. The molecule has 0 amide bonds. The van der Waals surface area contributed by atoms with Crippen LogP contribution in [-0.2, 0) is 10.8 Å². The molecule has 3 nitrogen and oxygen atoms in total. The second-order valence-electron chi connectivity index (χ2n) is 5.35. The fourth-order valence-electron chi connectivity index (χ4n) is 1.86. The van der Waals surface area contributed by atoms with Crippen molar-refractivity contribution in [2.24, 2.45) is 0 Å². The third kappa shape index (κ3) is 6.98. The molecule has 0 saturated carbocycles. The summed E-state index contributed by atoms with van der Waals surface area (Å²) in [4.78, 5) is 3.86. The van der Waals surface area contributed by atoms with Gasteiger partial charge in [-0.25, -0.2) is 4.21 Å². The van der Waals surface area contributed by atoms with Gasteiger partial charge in [-0.3, -0.25) is 0 Å². The van der Waals surface area contributed by atoms with Crippen molar-refractivity contribution in [2.75, 3.05) is 27.7 Å². The van der Waals surface area contributed by atoms with Crippen molar-refractivity contribution in [2.45, 2.75) is 22.8 Å². The summed E-state index contributed by atoms with van der Waals surface area (Å²) in [6.45, 7) is 3.27. The lowest BCUT2D eigenvalue weighted by atomic mass is 10.3. The molecule has 22 heavy (non-hydrogen) atoms. The molecule has 2 rings (SSSR count). The van der Waals surface area contributed by atoms with Crippen molar-refractivity contribution in [3.8, 4) is 0 Å². The summed E-state index contributed by atoms with van der Waals surface area (Å²) >= 11 is 0. The second-order valence-corrected chi connectivity index (χ2v) is 6.83. The highest BCUT2D eigenvalue weighted by molar-refractivity contribution is 7.85. The Bertz CT molecular complexity index is 502. The summed E-state index contributed by atoms with van der Waals surface area (Å²) in [5.74, 6) is 0. The third-order valence-corrected chi connectivity index (χ3v) is 4.45. The van der Waals surface area contributed by atoms with Crippen LogP contribution in [0.5, 0.6) is 0 Å². The molecule has 0 aliphatic rings. The fourth-order valence-corrected chi connectivity index (χ4v) is 2.94. The zero-order valence-corrected chi connectivity index (χ0v) is 14.6. The van der Waals surface area contributed by atoms with Crippen LogP contribution < -0.4 is 5.32 Å². The third-order valence-electron chi connectivity index (χ3n) is 3.05. The normalized spacial score (nSPS) is 11.9. The SMILES string of the molecule is CNC(C)CN(C)C.O=S(c1ccccc1)c1ccccc1. The van der Waals surface area contributed by atoms with Gasteiger partial charge < -0.3 is 10.2 Å². The maximum atomic E-state index is 12.0. The molecule has 1 unspecified atom stereocenters. The van der Waals surface area contributed by atoms with Crippen LogP contribution in [0.15, 0.2) is 70.5 Å². The first-order chi connectivity index (χ1) is 10.5. The van der Waals surface area contributed by atoms with Gasteiger partial charge in [-0.2, -0.15) is 0 Å². The van der Waals surface area contributed by atoms with Crippen LogP contribution in [-0.4, -0.2) is 42.8 Å². The number of nitrogens with zero attached hydrogens (tertiary/aromatic N) is 1. The first kappa shape index (κ1) is 18.6. The van der Waals surface area contributed by atoms with Crippen LogP contribution in [0.2, 0.25) is 0 Å². The van der Waals surface area contributed by atoms with Gasteiger partial charge in [0.15, 0.2) is 0 Å². The van der Waals surface area contributed by atoms with Crippen LogP contribution in [0, 0.1) is 0 Å². The molecular formula is C18H26N2OS. The zero-order chi connectivity index (χ0) is 16.4. The molecule has 4 heteroatoms. The lowest BCUT2D eigenvalue weighted by Gasteiger charge is -2.15. The van der Waals surface area contributed by atoms with E-state index in [1.54, 1.807) is 0 Å². The van der Waals surface area contributed by atoms with Crippen LogP contribution in [0.3, 0.4) is 0 Å². The predicted molar refractivity (Wildman–Crippen MR) is 94.6 cm³/mol. The molecule has 0 saturated heterocycles. The van der Waals surface area contributed by atoms with Gasteiger partial charge in [0, 0.05) is 22.4 Å². The quantitative estimate of drug-likeness (QED) is 0.920. The van der Waals surface area contributed by atoms with Crippen molar-refractivity contribution in [3.05, 3.63) is 60.7 Å². The molecule has 0 fully saturated rings. The van der Waals surface area contributed by atoms with Crippen LogP contribution in [0.1, 0.15) is 6.92 Å². The minimum atomic E-state index is -1.05. The van der Waals surface area contributed by atoms with Crippen molar-refractivity contribution in [1.82, 2.24) is 10.2 Å². The first-order valence-corrected chi connectivity index (χ1v) is 8.53. The Morgan fingerprint density at radius 3 is 1.64 bits per heavy atom. The summed E-state index contributed by atoms with van der Waals surface area (Å²) in [6.07, 6.45) is 0. The number of benzene rings is 2. The highest BCUT2D eigenvalue weighted by Crippen LogP contribution is 2.14. The molecule has 0 aliphatic carbocycles. The highest BCUT2D eigenvalue weighted by atomic mass is 32.2. The van der Waals surface area contributed by atoms with Crippen molar-refractivity contribution < 1.29 is 4.21 Å². The number of likely N-dealkylation sites (N-methyl/N-ethyl adjacent to an activating group) is 2. The van der Waals surface area contributed by atoms with E-state index >= 15 is 0 Å². The Morgan fingerprint density at radius 1 is 0.955 bits per heavy atom. The topological polar surface area (TPSA) is 32.3 Å². The molecule has 0 bridgehead atoms. The summed E-state index contributed by atoms with van der Waals surface area (Å²) in [5.41, 5.74) is 0. The van der Waals surface area contributed by atoms with E-state index in [0.717, 1.165) is 16.3 Å². The van der Waals surface area contributed by atoms with Gasteiger partial charge in [0.25, 0.3) is 0 Å². The minimum absolute atomic E-state index is 0.602. The molecule has 0 aromatic heterocycles. The van der Waals surface area contributed by atoms with Gasteiger partial charge >= 0.3 is 0 Å². The molecule has 0 heterocycles. The van der Waals surface area contributed by atoms with E-state index < -0.39 is 10.8 Å². The summed E-state index contributed by atoms with van der Waals surface area (Å²) in [5, 5.41) is 3.15. The van der Waals surface area contributed by atoms with Gasteiger partial charge in [0.1, 0.15) is 0 Å². The molecule has 2 aromatic rings. The van der Waals surface area contributed by atoms with Gasteiger partial charge in [-0.05, 0) is 52.3 Å². The zero-order valence-electron chi connectivity index (χ0n) is 13.8.